The summed E-state index contributed by atoms with van der Waals surface area (Å²) in [5, 5.41) is 10.5. The SMILES string of the molecule is ON(OCc1ccc(Br)cc1)C1CCCCO1. The first-order valence-corrected chi connectivity index (χ1v) is 6.52. The summed E-state index contributed by atoms with van der Waals surface area (Å²) in [7, 11) is 0. The van der Waals surface area contributed by atoms with Gasteiger partial charge in [-0.1, -0.05) is 28.1 Å². The number of ether oxygens (including phenoxy) is 1. The second kappa shape index (κ2) is 6.47. The van der Waals surface area contributed by atoms with E-state index in [2.05, 4.69) is 15.9 Å². The first kappa shape index (κ1) is 13.0. The van der Waals surface area contributed by atoms with Gasteiger partial charge in [0.2, 0.25) is 0 Å². The van der Waals surface area contributed by atoms with Gasteiger partial charge < -0.3 is 4.74 Å². The van der Waals surface area contributed by atoms with E-state index in [0.29, 0.717) is 13.2 Å². The fourth-order valence-electron chi connectivity index (χ4n) is 1.70. The molecule has 5 heteroatoms. The third-order valence-corrected chi connectivity index (χ3v) is 3.21. The van der Waals surface area contributed by atoms with Crippen LogP contribution >= 0.6 is 15.9 Å². The van der Waals surface area contributed by atoms with Gasteiger partial charge >= 0.3 is 0 Å². The van der Waals surface area contributed by atoms with Crippen LogP contribution in [0.4, 0.5) is 0 Å². The molecular formula is C12H16BrNO3. The van der Waals surface area contributed by atoms with Gasteiger partial charge in [0.1, 0.15) is 0 Å². The van der Waals surface area contributed by atoms with Crippen LogP contribution < -0.4 is 0 Å². The van der Waals surface area contributed by atoms with Crippen LogP contribution in [-0.4, -0.2) is 23.3 Å². The zero-order valence-corrected chi connectivity index (χ0v) is 11.1. The van der Waals surface area contributed by atoms with Gasteiger partial charge in [0.05, 0.1) is 6.61 Å². The highest BCUT2D eigenvalue weighted by Crippen LogP contribution is 2.17. The molecule has 1 fully saturated rings. The molecule has 0 aliphatic carbocycles. The average Bonchev–Trinajstić information content (AvgIpc) is 2.39. The summed E-state index contributed by atoms with van der Waals surface area (Å²) in [6.07, 6.45) is 2.58. The first-order valence-electron chi connectivity index (χ1n) is 5.73. The molecule has 1 aromatic rings. The molecule has 2 rings (SSSR count). The van der Waals surface area contributed by atoms with E-state index in [9.17, 15) is 5.21 Å². The van der Waals surface area contributed by atoms with Crippen LogP contribution in [-0.2, 0) is 16.2 Å². The van der Waals surface area contributed by atoms with Crippen molar-refractivity contribution < 1.29 is 14.8 Å². The summed E-state index contributed by atoms with van der Waals surface area (Å²) >= 11 is 3.37. The first-order chi connectivity index (χ1) is 8.25. The van der Waals surface area contributed by atoms with Crippen LogP contribution in [0.15, 0.2) is 28.7 Å². The van der Waals surface area contributed by atoms with Crippen LogP contribution in [0.25, 0.3) is 0 Å². The molecule has 1 atom stereocenters. The van der Waals surface area contributed by atoms with Gasteiger partial charge in [-0.15, -0.1) is 0 Å². The summed E-state index contributed by atoms with van der Waals surface area (Å²) in [6.45, 7) is 1.02. The predicted molar refractivity (Wildman–Crippen MR) is 66.1 cm³/mol. The summed E-state index contributed by atoms with van der Waals surface area (Å²) in [5.41, 5.74) is 1.00. The van der Waals surface area contributed by atoms with E-state index >= 15 is 0 Å². The summed E-state index contributed by atoms with van der Waals surface area (Å²) in [4.78, 5) is 5.26. The van der Waals surface area contributed by atoms with E-state index in [1.54, 1.807) is 0 Å². The number of hydroxylamine groups is 2. The molecule has 0 amide bonds. The van der Waals surface area contributed by atoms with Crippen LogP contribution in [0.5, 0.6) is 0 Å². The maximum Gasteiger partial charge on any atom is 0.160 e. The molecular weight excluding hydrogens is 286 g/mol. The van der Waals surface area contributed by atoms with Crippen molar-refractivity contribution in [1.29, 1.82) is 0 Å². The van der Waals surface area contributed by atoms with Crippen LogP contribution in [0.2, 0.25) is 0 Å². The largest absolute Gasteiger partial charge is 0.358 e. The van der Waals surface area contributed by atoms with E-state index in [-0.39, 0.29) is 6.23 Å². The van der Waals surface area contributed by atoms with Crippen molar-refractivity contribution in [3.63, 3.8) is 0 Å². The molecule has 0 bridgehead atoms. The topological polar surface area (TPSA) is 41.9 Å². The van der Waals surface area contributed by atoms with Crippen LogP contribution in [0.1, 0.15) is 24.8 Å². The Morgan fingerprint density at radius 1 is 1.35 bits per heavy atom. The van der Waals surface area contributed by atoms with E-state index in [4.69, 9.17) is 9.57 Å². The van der Waals surface area contributed by atoms with Crippen molar-refractivity contribution in [3.05, 3.63) is 34.3 Å². The minimum atomic E-state index is -0.334. The lowest BCUT2D eigenvalue weighted by Crippen LogP contribution is -2.36. The molecule has 0 saturated carbocycles. The monoisotopic (exact) mass is 301 g/mol. The molecule has 4 nitrogen and oxygen atoms in total. The summed E-state index contributed by atoms with van der Waals surface area (Å²) < 4.78 is 6.42. The minimum Gasteiger partial charge on any atom is -0.358 e. The van der Waals surface area contributed by atoms with E-state index in [1.807, 2.05) is 24.3 Å². The Kier molecular flexibility index (Phi) is 4.94. The number of rotatable bonds is 4. The number of hydrogen-bond donors (Lipinski definition) is 1. The third kappa shape index (κ3) is 4.04. The average molecular weight is 302 g/mol. The van der Waals surface area contributed by atoms with Crippen LogP contribution in [0.3, 0.4) is 0 Å². The number of halogens is 1. The molecule has 94 valence electrons. The third-order valence-electron chi connectivity index (χ3n) is 2.68. The Hall–Kier alpha value is -0.460. The number of nitrogens with zero attached hydrogens (tertiary/aromatic N) is 1. The molecule has 1 aromatic carbocycles. The fraction of sp³-hybridized carbons (Fsp3) is 0.500. The lowest BCUT2D eigenvalue weighted by molar-refractivity contribution is -0.411. The molecule has 1 unspecified atom stereocenters. The minimum absolute atomic E-state index is 0.334. The van der Waals surface area contributed by atoms with Crippen molar-refractivity contribution in [2.75, 3.05) is 6.61 Å². The van der Waals surface area contributed by atoms with Crippen molar-refractivity contribution in [2.24, 2.45) is 0 Å². The highest BCUT2D eigenvalue weighted by Gasteiger charge is 2.21. The van der Waals surface area contributed by atoms with E-state index < -0.39 is 0 Å². The Morgan fingerprint density at radius 2 is 2.12 bits per heavy atom. The van der Waals surface area contributed by atoms with Gasteiger partial charge in [-0.2, -0.15) is 0 Å². The summed E-state index contributed by atoms with van der Waals surface area (Å²) in [5.74, 6) is 0. The zero-order valence-electron chi connectivity index (χ0n) is 9.51. The fourth-order valence-corrected chi connectivity index (χ4v) is 1.97. The maximum absolute atomic E-state index is 9.67. The van der Waals surface area contributed by atoms with E-state index in [0.717, 1.165) is 34.5 Å². The molecule has 0 radical (unpaired) electrons. The maximum atomic E-state index is 9.67. The molecule has 0 spiro atoms. The predicted octanol–water partition coefficient (Wildman–Crippen LogP) is 3.10. The van der Waals surface area contributed by atoms with Gasteiger partial charge in [0, 0.05) is 11.1 Å². The van der Waals surface area contributed by atoms with Crippen molar-refractivity contribution in [1.82, 2.24) is 5.23 Å². The zero-order chi connectivity index (χ0) is 12.1. The van der Waals surface area contributed by atoms with Gasteiger partial charge in [-0.3, -0.25) is 10.0 Å². The number of hydrogen-bond acceptors (Lipinski definition) is 4. The highest BCUT2D eigenvalue weighted by molar-refractivity contribution is 9.10. The van der Waals surface area contributed by atoms with Gasteiger partial charge in [0.15, 0.2) is 6.23 Å². The standard InChI is InChI=1S/C12H16BrNO3/c13-11-6-4-10(5-7-11)9-17-14(15)12-3-1-2-8-16-12/h4-7,12,15H,1-3,8-9H2. The van der Waals surface area contributed by atoms with Crippen molar-refractivity contribution in [3.8, 4) is 0 Å². The van der Waals surface area contributed by atoms with Gasteiger partial charge in [0.25, 0.3) is 0 Å². The second-order valence-corrected chi connectivity index (χ2v) is 4.94. The Bertz CT molecular complexity index is 338. The summed E-state index contributed by atoms with van der Waals surface area (Å²) in [6, 6.07) is 7.77. The Balaban J connectivity index is 1.78. The molecule has 1 aliphatic rings. The Labute approximate surface area is 109 Å². The van der Waals surface area contributed by atoms with E-state index in [1.165, 1.54) is 0 Å². The smallest absolute Gasteiger partial charge is 0.160 e. The normalized spacial score (nSPS) is 20.8. The second-order valence-electron chi connectivity index (χ2n) is 4.02. The molecule has 1 saturated heterocycles. The lowest BCUT2D eigenvalue weighted by atomic mass is 10.2. The van der Waals surface area contributed by atoms with Crippen LogP contribution in [0, 0.1) is 0 Å². The lowest BCUT2D eigenvalue weighted by Gasteiger charge is -2.28. The molecule has 1 N–H and O–H groups in total. The quantitative estimate of drug-likeness (QED) is 0.868. The van der Waals surface area contributed by atoms with Crippen molar-refractivity contribution >= 4 is 15.9 Å². The highest BCUT2D eigenvalue weighted by atomic mass is 79.9. The van der Waals surface area contributed by atoms with Gasteiger partial charge in [-0.05, 0) is 42.2 Å². The number of benzene rings is 1. The van der Waals surface area contributed by atoms with Crippen molar-refractivity contribution in [2.45, 2.75) is 32.1 Å². The molecule has 17 heavy (non-hydrogen) atoms. The Morgan fingerprint density at radius 3 is 2.76 bits per heavy atom. The molecule has 0 aromatic heterocycles. The molecule has 1 aliphatic heterocycles. The van der Waals surface area contributed by atoms with Gasteiger partial charge in [-0.25, -0.2) is 0 Å². The molecule has 1 heterocycles.